The van der Waals surface area contributed by atoms with Gasteiger partial charge in [-0.2, -0.15) is 0 Å². The highest BCUT2D eigenvalue weighted by atomic mass is 16.5. The summed E-state index contributed by atoms with van der Waals surface area (Å²) < 4.78 is 5.85. The molecule has 0 amide bonds. The molecule has 2 nitrogen and oxygen atoms in total. The third-order valence-electron chi connectivity index (χ3n) is 3.63. The van der Waals surface area contributed by atoms with Gasteiger partial charge in [-0.25, -0.2) is 0 Å². The van der Waals surface area contributed by atoms with Crippen molar-refractivity contribution in [3.05, 3.63) is 60.2 Å². The molecule has 20 heavy (non-hydrogen) atoms. The number of nitrogens with one attached hydrogen (secondary N) is 1. The number of rotatable bonds is 7. The minimum absolute atomic E-state index is 0.881. The lowest BCUT2D eigenvalue weighted by Crippen LogP contribution is -2.15. The van der Waals surface area contributed by atoms with Crippen molar-refractivity contribution in [2.24, 2.45) is 5.92 Å². The Bertz CT molecular complexity index is 534. The average Bonchev–Trinajstić information content (AvgIpc) is 3.29. The maximum absolute atomic E-state index is 5.85. The lowest BCUT2D eigenvalue weighted by molar-refractivity contribution is 0.481. The lowest BCUT2D eigenvalue weighted by Gasteiger charge is -2.08. The van der Waals surface area contributed by atoms with Crippen LogP contribution >= 0.6 is 0 Å². The molecule has 104 valence electrons. The topological polar surface area (TPSA) is 21.3 Å². The van der Waals surface area contributed by atoms with Gasteiger partial charge in [0.2, 0.25) is 0 Å². The summed E-state index contributed by atoms with van der Waals surface area (Å²) in [6, 6.07) is 18.2. The second-order valence-electron chi connectivity index (χ2n) is 5.47. The van der Waals surface area contributed by atoms with E-state index in [2.05, 4.69) is 23.5 Å². The molecule has 2 aromatic rings. The zero-order chi connectivity index (χ0) is 13.6. The van der Waals surface area contributed by atoms with Crippen LogP contribution < -0.4 is 10.1 Å². The molecule has 0 aromatic heterocycles. The van der Waals surface area contributed by atoms with E-state index >= 15 is 0 Å². The molecule has 0 heterocycles. The lowest BCUT2D eigenvalue weighted by atomic mass is 10.2. The molecule has 1 fully saturated rings. The predicted octanol–water partition coefficient (Wildman–Crippen LogP) is 4.37. The van der Waals surface area contributed by atoms with Gasteiger partial charge < -0.3 is 10.1 Å². The highest BCUT2D eigenvalue weighted by Gasteiger charge is 2.19. The first-order valence-electron chi connectivity index (χ1n) is 7.43. The van der Waals surface area contributed by atoms with E-state index in [1.165, 1.54) is 24.8 Å². The van der Waals surface area contributed by atoms with Gasteiger partial charge in [-0.05, 0) is 48.7 Å². The summed E-state index contributed by atoms with van der Waals surface area (Å²) in [5, 5.41) is 3.51. The Balaban J connectivity index is 1.52. The van der Waals surface area contributed by atoms with Crippen LogP contribution in [0.2, 0.25) is 0 Å². The van der Waals surface area contributed by atoms with Gasteiger partial charge in [-0.3, -0.25) is 0 Å². The largest absolute Gasteiger partial charge is 0.457 e. The Hall–Kier alpha value is -1.80. The molecular formula is C18H21NO. The number of hydrogen-bond donors (Lipinski definition) is 1. The van der Waals surface area contributed by atoms with Gasteiger partial charge in [0.05, 0.1) is 0 Å². The van der Waals surface area contributed by atoms with Crippen LogP contribution in [0.15, 0.2) is 54.6 Å². The first kappa shape index (κ1) is 13.2. The van der Waals surface area contributed by atoms with Gasteiger partial charge >= 0.3 is 0 Å². The molecule has 1 aliphatic rings. The van der Waals surface area contributed by atoms with Crippen molar-refractivity contribution in [3.63, 3.8) is 0 Å². The van der Waals surface area contributed by atoms with Gasteiger partial charge in [0, 0.05) is 6.54 Å². The SMILES string of the molecule is c1ccc(Oc2cccc(CNCCC3CC3)c2)cc1. The molecule has 1 aliphatic carbocycles. The highest BCUT2D eigenvalue weighted by Crippen LogP contribution is 2.31. The minimum Gasteiger partial charge on any atom is -0.457 e. The van der Waals surface area contributed by atoms with E-state index in [4.69, 9.17) is 4.74 Å². The second kappa shape index (κ2) is 6.58. The zero-order valence-corrected chi connectivity index (χ0v) is 11.7. The van der Waals surface area contributed by atoms with Crippen molar-refractivity contribution in [2.75, 3.05) is 6.54 Å². The van der Waals surface area contributed by atoms with Gasteiger partial charge in [0.1, 0.15) is 11.5 Å². The van der Waals surface area contributed by atoms with Crippen molar-refractivity contribution < 1.29 is 4.74 Å². The summed E-state index contributed by atoms with van der Waals surface area (Å²) in [6.45, 7) is 2.03. The summed E-state index contributed by atoms with van der Waals surface area (Å²) in [5.41, 5.74) is 1.27. The molecular weight excluding hydrogens is 246 g/mol. The number of benzene rings is 2. The van der Waals surface area contributed by atoms with Crippen LogP contribution in [0.4, 0.5) is 0 Å². The van der Waals surface area contributed by atoms with E-state index in [1.807, 2.05) is 36.4 Å². The fourth-order valence-electron chi connectivity index (χ4n) is 2.29. The van der Waals surface area contributed by atoms with Gasteiger partial charge in [-0.1, -0.05) is 43.2 Å². The Morgan fingerprint density at radius 3 is 2.55 bits per heavy atom. The molecule has 1 N–H and O–H groups in total. The summed E-state index contributed by atoms with van der Waals surface area (Å²) in [7, 11) is 0. The van der Waals surface area contributed by atoms with E-state index in [0.29, 0.717) is 0 Å². The van der Waals surface area contributed by atoms with Crippen LogP contribution in [0.1, 0.15) is 24.8 Å². The van der Waals surface area contributed by atoms with Crippen LogP contribution in [0.25, 0.3) is 0 Å². The molecule has 1 saturated carbocycles. The molecule has 0 bridgehead atoms. The molecule has 0 radical (unpaired) electrons. The maximum Gasteiger partial charge on any atom is 0.127 e. The summed E-state index contributed by atoms with van der Waals surface area (Å²) in [6.07, 6.45) is 4.18. The summed E-state index contributed by atoms with van der Waals surface area (Å²) in [4.78, 5) is 0. The van der Waals surface area contributed by atoms with Crippen molar-refractivity contribution in [1.82, 2.24) is 5.32 Å². The van der Waals surface area contributed by atoms with E-state index in [-0.39, 0.29) is 0 Å². The standard InChI is InChI=1S/C18H21NO/c1-2-6-17(7-3-1)20-18-8-4-5-16(13-18)14-19-12-11-15-9-10-15/h1-8,13,15,19H,9-12,14H2. The van der Waals surface area contributed by atoms with Crippen molar-refractivity contribution in [3.8, 4) is 11.5 Å². The third-order valence-corrected chi connectivity index (χ3v) is 3.63. The quantitative estimate of drug-likeness (QED) is 0.752. The van der Waals surface area contributed by atoms with Crippen LogP contribution in [0.3, 0.4) is 0 Å². The van der Waals surface area contributed by atoms with Gasteiger partial charge in [0.25, 0.3) is 0 Å². The van der Waals surface area contributed by atoms with E-state index in [1.54, 1.807) is 0 Å². The molecule has 0 saturated heterocycles. The third kappa shape index (κ3) is 4.10. The maximum atomic E-state index is 5.85. The van der Waals surface area contributed by atoms with Gasteiger partial charge in [-0.15, -0.1) is 0 Å². The van der Waals surface area contributed by atoms with Crippen LogP contribution in [0.5, 0.6) is 11.5 Å². The van der Waals surface area contributed by atoms with E-state index in [0.717, 1.165) is 30.5 Å². The summed E-state index contributed by atoms with van der Waals surface area (Å²) in [5.74, 6) is 2.78. The molecule has 0 unspecified atom stereocenters. The molecule has 0 atom stereocenters. The number of ether oxygens (including phenoxy) is 1. The van der Waals surface area contributed by atoms with Crippen LogP contribution in [-0.4, -0.2) is 6.54 Å². The fraction of sp³-hybridized carbons (Fsp3) is 0.333. The average molecular weight is 267 g/mol. The normalized spacial score (nSPS) is 14.2. The van der Waals surface area contributed by atoms with Crippen molar-refractivity contribution >= 4 is 0 Å². The number of para-hydroxylation sites is 1. The van der Waals surface area contributed by atoms with Crippen LogP contribution in [-0.2, 0) is 6.54 Å². The first-order valence-corrected chi connectivity index (χ1v) is 7.43. The molecule has 0 aliphatic heterocycles. The Kier molecular flexibility index (Phi) is 4.34. The van der Waals surface area contributed by atoms with Crippen LogP contribution in [0, 0.1) is 5.92 Å². The molecule has 0 spiro atoms. The van der Waals surface area contributed by atoms with E-state index in [9.17, 15) is 0 Å². The monoisotopic (exact) mass is 267 g/mol. The second-order valence-corrected chi connectivity index (χ2v) is 5.47. The van der Waals surface area contributed by atoms with Crippen molar-refractivity contribution in [2.45, 2.75) is 25.8 Å². The zero-order valence-electron chi connectivity index (χ0n) is 11.7. The summed E-state index contributed by atoms with van der Waals surface area (Å²) >= 11 is 0. The Labute approximate surface area is 120 Å². The molecule has 3 rings (SSSR count). The Morgan fingerprint density at radius 1 is 0.950 bits per heavy atom. The minimum atomic E-state index is 0.881. The van der Waals surface area contributed by atoms with E-state index < -0.39 is 0 Å². The Morgan fingerprint density at radius 2 is 1.75 bits per heavy atom. The highest BCUT2D eigenvalue weighted by molar-refractivity contribution is 5.33. The molecule has 2 aromatic carbocycles. The first-order chi connectivity index (χ1) is 9.90. The smallest absolute Gasteiger partial charge is 0.127 e. The van der Waals surface area contributed by atoms with Gasteiger partial charge in [0.15, 0.2) is 0 Å². The number of hydrogen-bond acceptors (Lipinski definition) is 2. The predicted molar refractivity (Wildman–Crippen MR) is 82.0 cm³/mol. The molecule has 2 heteroatoms. The fourth-order valence-corrected chi connectivity index (χ4v) is 2.29. The van der Waals surface area contributed by atoms with Crippen molar-refractivity contribution in [1.29, 1.82) is 0 Å².